The van der Waals surface area contributed by atoms with E-state index in [4.69, 9.17) is 26.1 Å². The molecule has 1 aromatic carbocycles. The van der Waals surface area contributed by atoms with Crippen LogP contribution < -0.4 is 10.1 Å². The van der Waals surface area contributed by atoms with Crippen molar-refractivity contribution in [2.45, 2.75) is 84.0 Å². The van der Waals surface area contributed by atoms with Gasteiger partial charge in [-0.25, -0.2) is 9.78 Å². The Hall–Kier alpha value is -2.81. The number of fused-ring (bicyclic) bond motifs is 1. The molecule has 1 aliphatic carbocycles. The minimum Gasteiger partial charge on any atom is -0.495 e. The van der Waals surface area contributed by atoms with Crippen molar-refractivity contribution < 1.29 is 19.4 Å². The van der Waals surface area contributed by atoms with Gasteiger partial charge in [-0.1, -0.05) is 11.6 Å². The van der Waals surface area contributed by atoms with Crippen LogP contribution in [-0.4, -0.2) is 63.9 Å². The van der Waals surface area contributed by atoms with Gasteiger partial charge in [-0.2, -0.15) is 0 Å². The quantitative estimate of drug-likeness (QED) is 0.309. The van der Waals surface area contributed by atoms with E-state index in [0.717, 1.165) is 61.4 Å². The maximum atomic E-state index is 12.3. The second-order valence-corrected chi connectivity index (χ2v) is 13.4. The number of amides is 1. The van der Waals surface area contributed by atoms with Crippen LogP contribution in [0.3, 0.4) is 0 Å². The largest absolute Gasteiger partial charge is 0.495 e. The molecule has 0 bridgehead atoms. The summed E-state index contributed by atoms with van der Waals surface area (Å²) in [5.74, 6) is 1.84. The van der Waals surface area contributed by atoms with Crippen LogP contribution >= 0.6 is 11.6 Å². The van der Waals surface area contributed by atoms with E-state index in [1.165, 1.54) is 31.2 Å². The van der Waals surface area contributed by atoms with Crippen molar-refractivity contribution in [3.63, 3.8) is 0 Å². The smallest absolute Gasteiger partial charge is 0.410 e. The van der Waals surface area contributed by atoms with E-state index >= 15 is 0 Å². The van der Waals surface area contributed by atoms with E-state index in [9.17, 15) is 9.90 Å². The first-order valence-corrected chi connectivity index (χ1v) is 15.7. The van der Waals surface area contributed by atoms with Crippen LogP contribution in [0.1, 0.15) is 70.4 Å². The van der Waals surface area contributed by atoms with Crippen LogP contribution in [0, 0.1) is 11.8 Å². The number of nitrogens with zero attached hydrogens (tertiary/aromatic N) is 3. The Labute approximate surface area is 254 Å². The second kappa shape index (κ2) is 13.2. The first-order valence-electron chi connectivity index (χ1n) is 15.3. The van der Waals surface area contributed by atoms with Gasteiger partial charge in [-0.3, -0.25) is 0 Å². The van der Waals surface area contributed by atoms with Gasteiger partial charge in [0, 0.05) is 37.1 Å². The number of aliphatic hydroxyl groups excluding tert-OH is 1. The number of rotatable bonds is 8. The number of halogens is 1. The third-order valence-corrected chi connectivity index (χ3v) is 8.98. The Kier molecular flexibility index (Phi) is 9.65. The van der Waals surface area contributed by atoms with Crippen LogP contribution in [0.2, 0.25) is 5.02 Å². The monoisotopic (exact) mass is 596 g/mol. The summed E-state index contributed by atoms with van der Waals surface area (Å²) in [5.41, 5.74) is 4.09. The van der Waals surface area contributed by atoms with Crippen LogP contribution in [-0.2, 0) is 17.8 Å². The van der Waals surface area contributed by atoms with Crippen LogP contribution in [0.5, 0.6) is 5.75 Å². The zero-order chi connectivity index (χ0) is 29.9. The van der Waals surface area contributed by atoms with Crippen LogP contribution in [0.15, 0.2) is 36.7 Å². The SMILES string of the molecule is COc1cc(CO)c(-c2cn3ccc(CC4CCC(NCC5CCN(C(=O)OC(C)(C)C)CC5)CC4)cc3n2)cc1Cl. The molecule has 3 aromatic rings. The Balaban J connectivity index is 1.09. The number of pyridine rings is 1. The molecular formula is C33H45ClN4O4. The summed E-state index contributed by atoms with van der Waals surface area (Å²) in [7, 11) is 1.57. The summed E-state index contributed by atoms with van der Waals surface area (Å²) >= 11 is 6.38. The molecule has 0 radical (unpaired) electrons. The number of aliphatic hydroxyl groups is 1. The van der Waals surface area contributed by atoms with Crippen molar-refractivity contribution in [1.29, 1.82) is 0 Å². The minimum atomic E-state index is -0.442. The third-order valence-electron chi connectivity index (χ3n) is 8.68. The Morgan fingerprint density at radius 2 is 1.83 bits per heavy atom. The zero-order valence-corrected chi connectivity index (χ0v) is 26.1. The van der Waals surface area contributed by atoms with Gasteiger partial charge < -0.3 is 29.2 Å². The summed E-state index contributed by atoms with van der Waals surface area (Å²) in [6, 6.07) is 8.54. The van der Waals surface area contributed by atoms with Crippen molar-refractivity contribution in [2.75, 3.05) is 26.7 Å². The maximum Gasteiger partial charge on any atom is 0.410 e. The van der Waals surface area contributed by atoms with Crippen LogP contribution in [0.25, 0.3) is 16.9 Å². The molecule has 1 aliphatic heterocycles. The molecule has 1 amide bonds. The molecule has 228 valence electrons. The molecule has 8 nitrogen and oxygen atoms in total. The normalized spacial score (nSPS) is 20.2. The van der Waals surface area contributed by atoms with Gasteiger partial charge in [0.15, 0.2) is 0 Å². The first kappa shape index (κ1) is 30.6. The molecule has 5 rings (SSSR count). The van der Waals surface area contributed by atoms with Gasteiger partial charge >= 0.3 is 6.09 Å². The molecule has 1 saturated carbocycles. The molecule has 2 N–H and O–H groups in total. The number of hydrogen-bond donors (Lipinski definition) is 2. The fourth-order valence-corrected chi connectivity index (χ4v) is 6.53. The number of aromatic nitrogens is 2. The van der Waals surface area contributed by atoms with E-state index < -0.39 is 5.60 Å². The number of carbonyl (C=O) groups is 1. The highest BCUT2D eigenvalue weighted by Gasteiger charge is 2.28. The van der Waals surface area contributed by atoms with Gasteiger partial charge in [0.25, 0.3) is 0 Å². The number of ether oxygens (including phenoxy) is 2. The number of methoxy groups -OCH3 is 1. The van der Waals surface area contributed by atoms with Gasteiger partial charge in [0.1, 0.15) is 17.0 Å². The Bertz CT molecular complexity index is 1370. The summed E-state index contributed by atoms with van der Waals surface area (Å²) in [4.78, 5) is 19.1. The molecule has 2 aromatic heterocycles. The highest BCUT2D eigenvalue weighted by atomic mass is 35.5. The number of piperidine rings is 1. The maximum absolute atomic E-state index is 12.3. The van der Waals surface area contributed by atoms with Gasteiger partial charge in [-0.15, -0.1) is 0 Å². The molecule has 0 unspecified atom stereocenters. The third kappa shape index (κ3) is 7.57. The number of imidazole rings is 1. The average molecular weight is 597 g/mol. The fourth-order valence-electron chi connectivity index (χ4n) is 6.29. The summed E-state index contributed by atoms with van der Waals surface area (Å²) < 4.78 is 12.9. The van der Waals surface area contributed by atoms with E-state index in [2.05, 4.69) is 23.6 Å². The predicted molar refractivity (Wildman–Crippen MR) is 166 cm³/mol. The number of carbonyl (C=O) groups excluding carboxylic acids is 1. The van der Waals surface area contributed by atoms with Crippen molar-refractivity contribution in [3.8, 4) is 17.0 Å². The van der Waals surface area contributed by atoms with Gasteiger partial charge in [0.05, 0.1) is 24.4 Å². The lowest BCUT2D eigenvalue weighted by atomic mass is 9.82. The molecule has 0 atom stereocenters. The van der Waals surface area contributed by atoms with Crippen molar-refractivity contribution >= 4 is 23.3 Å². The Morgan fingerprint density at radius 3 is 2.50 bits per heavy atom. The lowest BCUT2D eigenvalue weighted by Crippen LogP contribution is -2.44. The lowest BCUT2D eigenvalue weighted by Gasteiger charge is -2.35. The van der Waals surface area contributed by atoms with E-state index in [-0.39, 0.29) is 12.7 Å². The van der Waals surface area contributed by atoms with Crippen molar-refractivity contribution in [1.82, 2.24) is 19.6 Å². The zero-order valence-electron chi connectivity index (χ0n) is 25.4. The van der Waals surface area contributed by atoms with Crippen molar-refractivity contribution in [2.24, 2.45) is 11.8 Å². The molecule has 9 heteroatoms. The number of hydrogen-bond acceptors (Lipinski definition) is 6. The second-order valence-electron chi connectivity index (χ2n) is 13.0. The van der Waals surface area contributed by atoms with E-state index in [1.807, 2.05) is 42.3 Å². The predicted octanol–water partition coefficient (Wildman–Crippen LogP) is 6.49. The van der Waals surface area contributed by atoms with Gasteiger partial charge in [0.2, 0.25) is 0 Å². The van der Waals surface area contributed by atoms with E-state index in [1.54, 1.807) is 13.2 Å². The van der Waals surface area contributed by atoms with E-state index in [0.29, 0.717) is 28.6 Å². The molecule has 3 heterocycles. The number of benzene rings is 1. The molecule has 1 saturated heterocycles. The first-order chi connectivity index (χ1) is 20.1. The van der Waals surface area contributed by atoms with Crippen molar-refractivity contribution in [3.05, 3.63) is 52.8 Å². The number of likely N-dealkylation sites (tertiary alicyclic amines) is 1. The Morgan fingerprint density at radius 1 is 1.10 bits per heavy atom. The number of nitrogens with one attached hydrogen (secondary N) is 1. The average Bonchev–Trinajstić information content (AvgIpc) is 3.39. The molecular weight excluding hydrogens is 552 g/mol. The highest BCUT2D eigenvalue weighted by Crippen LogP contribution is 2.34. The van der Waals surface area contributed by atoms with Gasteiger partial charge in [-0.05, 0) is 119 Å². The molecule has 2 aliphatic rings. The standard InChI is InChI=1S/C33H45ClN4O4/c1-33(2,3)42-32(40)37-12-9-23(10-13-37)19-35-26-7-5-22(6-8-26)15-24-11-14-38-20-29(36-31(38)16-24)27-18-28(34)30(41-4)17-25(27)21-39/h11,14,16-18,20,22-23,26,35,39H,5-10,12-13,15,19,21H2,1-4H3. The molecule has 2 fully saturated rings. The summed E-state index contributed by atoms with van der Waals surface area (Å²) in [5, 5.41) is 14.2. The van der Waals surface area contributed by atoms with Crippen LogP contribution in [0.4, 0.5) is 4.79 Å². The minimum absolute atomic E-state index is 0.118. The summed E-state index contributed by atoms with van der Waals surface area (Å²) in [6.45, 7) is 8.24. The molecule has 0 spiro atoms. The summed E-state index contributed by atoms with van der Waals surface area (Å²) in [6.07, 6.45) is 11.9. The lowest BCUT2D eigenvalue weighted by molar-refractivity contribution is 0.0182. The highest BCUT2D eigenvalue weighted by molar-refractivity contribution is 6.32. The molecule has 42 heavy (non-hydrogen) atoms. The fraction of sp³-hybridized carbons (Fsp3) is 0.576. The topological polar surface area (TPSA) is 88.3 Å².